The minimum atomic E-state index is -0.744. The second-order valence-electron chi connectivity index (χ2n) is 3.93. The number of nitrogens with two attached hydrogens (primary N) is 1. The Morgan fingerprint density at radius 1 is 1.38 bits per heavy atom. The first-order valence-corrected chi connectivity index (χ1v) is 5.83. The van der Waals surface area contributed by atoms with Gasteiger partial charge in [0.15, 0.2) is 12.4 Å². The number of carbonyl (C=O) groups is 1. The van der Waals surface area contributed by atoms with Crippen molar-refractivity contribution in [1.29, 1.82) is 0 Å². The summed E-state index contributed by atoms with van der Waals surface area (Å²) in [5, 5.41) is 17.5. The highest BCUT2D eigenvalue weighted by Crippen LogP contribution is 2.05. The maximum absolute atomic E-state index is 11.5. The van der Waals surface area contributed by atoms with E-state index in [9.17, 15) is 14.9 Å². The average Bonchev–Trinajstić information content (AvgIpc) is 2.94. The van der Waals surface area contributed by atoms with Crippen molar-refractivity contribution < 1.29 is 14.6 Å². The highest BCUT2D eigenvalue weighted by molar-refractivity contribution is 5.97. The average molecular weight is 289 g/mol. The Bertz CT molecular complexity index is 680. The third-order valence-electron chi connectivity index (χ3n) is 2.42. The normalized spacial score (nSPS) is 11.1. The Balaban J connectivity index is 1.94. The van der Waals surface area contributed by atoms with E-state index in [-0.39, 0.29) is 18.2 Å². The molecule has 0 amide bonds. The van der Waals surface area contributed by atoms with Crippen molar-refractivity contribution in [2.45, 2.75) is 6.54 Å². The summed E-state index contributed by atoms with van der Waals surface area (Å²) in [6.07, 6.45) is 1.30. The predicted molar refractivity (Wildman–Crippen MR) is 72.1 cm³/mol. The van der Waals surface area contributed by atoms with Gasteiger partial charge in [0, 0.05) is 5.56 Å². The Morgan fingerprint density at radius 3 is 2.71 bits per heavy atom. The molecule has 0 aliphatic heterocycles. The number of benzene rings is 1. The van der Waals surface area contributed by atoms with Crippen LogP contribution in [0.5, 0.6) is 0 Å². The van der Waals surface area contributed by atoms with Gasteiger partial charge >= 0.3 is 11.8 Å². The SMILES string of the molecule is N/C(=N\OC(=O)Cn1ccc([N+](=O)[O-])n1)c1ccccc1. The molecule has 0 saturated heterocycles. The molecule has 1 heterocycles. The zero-order valence-corrected chi connectivity index (χ0v) is 10.7. The highest BCUT2D eigenvalue weighted by Gasteiger charge is 2.14. The zero-order valence-electron chi connectivity index (χ0n) is 10.7. The largest absolute Gasteiger partial charge is 0.389 e. The van der Waals surface area contributed by atoms with Crippen molar-refractivity contribution in [3.63, 3.8) is 0 Å². The Morgan fingerprint density at radius 2 is 2.10 bits per heavy atom. The number of hydrogen-bond donors (Lipinski definition) is 1. The molecule has 0 aliphatic carbocycles. The number of nitro groups is 1. The van der Waals surface area contributed by atoms with Crippen molar-refractivity contribution in [2.24, 2.45) is 10.9 Å². The Labute approximate surface area is 118 Å². The van der Waals surface area contributed by atoms with Gasteiger partial charge in [-0.05, 0) is 4.92 Å². The maximum Gasteiger partial charge on any atom is 0.389 e. The molecule has 0 radical (unpaired) electrons. The lowest BCUT2D eigenvalue weighted by atomic mass is 10.2. The molecule has 9 heteroatoms. The van der Waals surface area contributed by atoms with Crippen LogP contribution in [0.25, 0.3) is 0 Å². The van der Waals surface area contributed by atoms with Crippen LogP contribution in [0.1, 0.15) is 5.56 Å². The number of hydrogen-bond acceptors (Lipinski definition) is 6. The van der Waals surface area contributed by atoms with E-state index in [4.69, 9.17) is 5.73 Å². The highest BCUT2D eigenvalue weighted by atomic mass is 16.7. The van der Waals surface area contributed by atoms with Crippen molar-refractivity contribution >= 4 is 17.6 Å². The standard InChI is InChI=1S/C12H11N5O4/c13-12(9-4-2-1-3-5-9)15-21-11(18)8-16-7-6-10(14-16)17(19)20/h1-7H,8H2,(H2,13,15). The summed E-state index contributed by atoms with van der Waals surface area (Å²) >= 11 is 0. The van der Waals surface area contributed by atoms with Gasteiger partial charge in [0.2, 0.25) is 0 Å². The smallest absolute Gasteiger partial charge is 0.380 e. The summed E-state index contributed by atoms with van der Waals surface area (Å²) in [6, 6.07) is 9.94. The molecule has 0 fully saturated rings. The number of carbonyl (C=O) groups excluding carboxylic acids is 1. The van der Waals surface area contributed by atoms with Gasteiger partial charge < -0.3 is 20.7 Å². The first-order chi connectivity index (χ1) is 10.1. The predicted octanol–water partition coefficient (Wildman–Crippen LogP) is 0.655. The second-order valence-corrected chi connectivity index (χ2v) is 3.93. The molecule has 2 rings (SSSR count). The first kappa shape index (κ1) is 14.2. The summed E-state index contributed by atoms with van der Waals surface area (Å²) in [7, 11) is 0. The molecular weight excluding hydrogens is 278 g/mol. The summed E-state index contributed by atoms with van der Waals surface area (Å²) in [5.41, 5.74) is 6.25. The number of amidine groups is 1. The monoisotopic (exact) mass is 289 g/mol. The first-order valence-electron chi connectivity index (χ1n) is 5.83. The summed E-state index contributed by atoms with van der Waals surface area (Å²) in [4.78, 5) is 25.9. The van der Waals surface area contributed by atoms with Crippen molar-refractivity contribution in [3.05, 3.63) is 58.3 Å². The molecule has 0 unspecified atom stereocenters. The van der Waals surface area contributed by atoms with Crippen LogP contribution in [0.3, 0.4) is 0 Å². The fourth-order valence-corrected chi connectivity index (χ4v) is 1.46. The fourth-order valence-electron chi connectivity index (χ4n) is 1.46. The van der Waals surface area contributed by atoms with Gasteiger partial charge in [-0.25, -0.2) is 4.79 Å². The van der Waals surface area contributed by atoms with Gasteiger partial charge in [-0.1, -0.05) is 35.5 Å². The molecule has 0 atom stereocenters. The van der Waals surface area contributed by atoms with Crippen LogP contribution in [-0.2, 0) is 16.2 Å². The van der Waals surface area contributed by atoms with Crippen LogP contribution in [-0.4, -0.2) is 26.5 Å². The van der Waals surface area contributed by atoms with Crippen LogP contribution < -0.4 is 5.73 Å². The number of aromatic nitrogens is 2. The summed E-state index contributed by atoms with van der Waals surface area (Å²) in [6.45, 7) is -0.306. The third kappa shape index (κ3) is 3.86. The van der Waals surface area contributed by atoms with E-state index in [0.717, 1.165) is 4.68 Å². The summed E-state index contributed by atoms with van der Waals surface area (Å²) < 4.78 is 1.08. The van der Waals surface area contributed by atoms with E-state index < -0.39 is 10.9 Å². The minimum absolute atomic E-state index is 0.0513. The van der Waals surface area contributed by atoms with E-state index in [1.807, 2.05) is 6.07 Å². The lowest BCUT2D eigenvalue weighted by Gasteiger charge is -2.00. The Kier molecular flexibility index (Phi) is 4.24. The molecule has 1 aromatic carbocycles. The maximum atomic E-state index is 11.5. The van der Waals surface area contributed by atoms with Gasteiger partial charge in [-0.15, -0.1) is 0 Å². The quantitative estimate of drug-likeness (QED) is 0.283. The third-order valence-corrected chi connectivity index (χ3v) is 2.42. The molecule has 0 aliphatic rings. The molecule has 2 aromatic rings. The second kappa shape index (κ2) is 6.28. The molecule has 21 heavy (non-hydrogen) atoms. The van der Waals surface area contributed by atoms with Gasteiger partial charge in [0.1, 0.15) is 0 Å². The molecule has 0 spiro atoms. The number of oxime groups is 1. The van der Waals surface area contributed by atoms with Gasteiger partial charge in [0.25, 0.3) is 0 Å². The van der Waals surface area contributed by atoms with Crippen LogP contribution in [0.2, 0.25) is 0 Å². The van der Waals surface area contributed by atoms with Crippen molar-refractivity contribution in [1.82, 2.24) is 9.78 Å². The number of nitrogens with zero attached hydrogens (tertiary/aromatic N) is 4. The lowest BCUT2D eigenvalue weighted by molar-refractivity contribution is -0.389. The molecular formula is C12H11N5O4. The van der Waals surface area contributed by atoms with E-state index in [2.05, 4.69) is 15.1 Å². The molecule has 1 aromatic heterocycles. The van der Waals surface area contributed by atoms with E-state index in [0.29, 0.717) is 5.56 Å². The Hall–Kier alpha value is -3.23. The number of rotatable bonds is 5. The van der Waals surface area contributed by atoms with Crippen molar-refractivity contribution in [2.75, 3.05) is 0 Å². The van der Waals surface area contributed by atoms with Gasteiger partial charge in [-0.3, -0.25) is 0 Å². The molecule has 108 valence electrons. The fraction of sp³-hybridized carbons (Fsp3) is 0.0833. The van der Waals surface area contributed by atoms with Gasteiger partial charge in [-0.2, -0.15) is 4.68 Å². The van der Waals surface area contributed by atoms with Crippen LogP contribution in [0, 0.1) is 10.1 Å². The lowest BCUT2D eigenvalue weighted by Crippen LogP contribution is -2.17. The minimum Gasteiger partial charge on any atom is -0.380 e. The molecule has 0 saturated carbocycles. The topological polar surface area (TPSA) is 126 Å². The van der Waals surface area contributed by atoms with E-state index in [1.54, 1.807) is 24.3 Å². The molecule has 9 nitrogen and oxygen atoms in total. The molecule has 2 N–H and O–H groups in total. The van der Waals surface area contributed by atoms with E-state index in [1.165, 1.54) is 12.3 Å². The van der Waals surface area contributed by atoms with Gasteiger partial charge in [0.05, 0.1) is 17.4 Å². The van der Waals surface area contributed by atoms with Crippen LogP contribution in [0.15, 0.2) is 47.8 Å². The molecule has 0 bridgehead atoms. The van der Waals surface area contributed by atoms with Crippen LogP contribution >= 0.6 is 0 Å². The zero-order chi connectivity index (χ0) is 15.2. The summed E-state index contributed by atoms with van der Waals surface area (Å²) in [5.74, 6) is -1.04. The van der Waals surface area contributed by atoms with Crippen molar-refractivity contribution in [3.8, 4) is 0 Å². The van der Waals surface area contributed by atoms with E-state index >= 15 is 0 Å². The van der Waals surface area contributed by atoms with Crippen LogP contribution in [0.4, 0.5) is 5.82 Å².